The largest absolute Gasteiger partial charge is 0.463 e. The van der Waals surface area contributed by atoms with Crippen molar-refractivity contribution in [1.29, 1.82) is 0 Å². The summed E-state index contributed by atoms with van der Waals surface area (Å²) in [6.45, 7) is 0. The summed E-state index contributed by atoms with van der Waals surface area (Å²) in [5.41, 5.74) is 1.99. The third-order valence-electron chi connectivity index (χ3n) is 6.08. The molecule has 0 bridgehead atoms. The molecule has 30 heavy (non-hydrogen) atoms. The summed E-state index contributed by atoms with van der Waals surface area (Å²) in [5, 5.41) is 7.55. The number of aromatic nitrogens is 4. The summed E-state index contributed by atoms with van der Waals surface area (Å²) in [6, 6.07) is 5.34. The molecule has 3 aromatic heterocycles. The smallest absolute Gasteiger partial charge is 0.255 e. The molecule has 0 unspecified atom stereocenters. The Morgan fingerprint density at radius 2 is 2.10 bits per heavy atom. The van der Waals surface area contributed by atoms with Crippen LogP contribution in [0.15, 0.2) is 33.7 Å². The molecule has 0 atom stereocenters. The lowest BCUT2D eigenvalue weighted by molar-refractivity contribution is -0.117. The van der Waals surface area contributed by atoms with E-state index in [0.29, 0.717) is 35.6 Å². The number of carbonyl (C=O) groups excluding carboxylic acids is 1. The molecule has 0 aromatic carbocycles. The second kappa shape index (κ2) is 7.93. The maximum atomic E-state index is 12.7. The van der Waals surface area contributed by atoms with Crippen LogP contribution >= 0.6 is 0 Å². The van der Waals surface area contributed by atoms with Gasteiger partial charge in [-0.25, -0.2) is 4.98 Å². The molecule has 2 aliphatic rings. The number of aryl methyl sites for hydroxylation is 1. The summed E-state index contributed by atoms with van der Waals surface area (Å²) in [5.74, 6) is 1.75. The van der Waals surface area contributed by atoms with E-state index in [0.717, 1.165) is 43.4 Å². The number of nitrogens with zero attached hydrogens (tertiary/aromatic N) is 3. The standard InChI is InChI=1S/C22H25N5O3/c28-20(12-14-6-2-1-3-7-14)24-19-13-17(18-10-5-11-30-18)26-27(19)22-23-16-9-4-8-15(16)21(29)25-22/h5,10-11,13-14H,1-4,6-9,12H2,(H,24,28)(H,23,25,29). The summed E-state index contributed by atoms with van der Waals surface area (Å²) in [7, 11) is 0. The second-order valence-electron chi connectivity index (χ2n) is 8.23. The van der Waals surface area contributed by atoms with Crippen molar-refractivity contribution >= 4 is 11.7 Å². The number of carbonyl (C=O) groups is 1. The maximum absolute atomic E-state index is 12.7. The average Bonchev–Trinajstić information content (AvgIpc) is 3.49. The minimum atomic E-state index is -0.137. The molecular weight excluding hydrogens is 382 g/mol. The Balaban J connectivity index is 1.47. The summed E-state index contributed by atoms with van der Waals surface area (Å²) in [4.78, 5) is 32.7. The lowest BCUT2D eigenvalue weighted by atomic mass is 9.87. The monoisotopic (exact) mass is 407 g/mol. The fourth-order valence-electron chi connectivity index (χ4n) is 4.55. The Kier molecular flexibility index (Phi) is 4.98. The van der Waals surface area contributed by atoms with Crippen LogP contribution in [0.5, 0.6) is 0 Å². The number of furan rings is 1. The van der Waals surface area contributed by atoms with Gasteiger partial charge >= 0.3 is 0 Å². The fourth-order valence-corrected chi connectivity index (χ4v) is 4.55. The zero-order valence-corrected chi connectivity index (χ0v) is 16.8. The summed E-state index contributed by atoms with van der Waals surface area (Å²) < 4.78 is 6.96. The zero-order chi connectivity index (χ0) is 20.5. The van der Waals surface area contributed by atoms with Gasteiger partial charge in [0.1, 0.15) is 11.5 Å². The molecule has 156 valence electrons. The number of anilines is 1. The topological polar surface area (TPSA) is 106 Å². The molecule has 0 spiro atoms. The summed E-state index contributed by atoms with van der Waals surface area (Å²) in [6.07, 6.45) is 10.4. The lowest BCUT2D eigenvalue weighted by Gasteiger charge is -2.20. The van der Waals surface area contributed by atoms with Gasteiger partial charge in [0.15, 0.2) is 5.76 Å². The van der Waals surface area contributed by atoms with Crippen molar-refractivity contribution in [3.63, 3.8) is 0 Å². The van der Waals surface area contributed by atoms with Gasteiger partial charge in [-0.3, -0.25) is 14.6 Å². The van der Waals surface area contributed by atoms with Crippen LogP contribution < -0.4 is 10.9 Å². The van der Waals surface area contributed by atoms with E-state index in [1.165, 1.54) is 23.9 Å². The van der Waals surface area contributed by atoms with Crippen molar-refractivity contribution < 1.29 is 9.21 Å². The molecule has 2 aliphatic carbocycles. The van der Waals surface area contributed by atoms with Crippen LogP contribution in [0.2, 0.25) is 0 Å². The predicted molar refractivity (Wildman–Crippen MR) is 112 cm³/mol. The minimum Gasteiger partial charge on any atom is -0.463 e. The van der Waals surface area contributed by atoms with E-state index in [2.05, 4.69) is 20.4 Å². The van der Waals surface area contributed by atoms with Crippen LogP contribution in [-0.4, -0.2) is 25.7 Å². The lowest BCUT2D eigenvalue weighted by Crippen LogP contribution is -2.22. The van der Waals surface area contributed by atoms with Gasteiger partial charge in [0.2, 0.25) is 11.9 Å². The zero-order valence-electron chi connectivity index (χ0n) is 16.8. The van der Waals surface area contributed by atoms with Crippen molar-refractivity contribution in [3.8, 4) is 17.4 Å². The van der Waals surface area contributed by atoms with E-state index in [1.54, 1.807) is 24.5 Å². The molecular formula is C22H25N5O3. The first-order valence-corrected chi connectivity index (χ1v) is 10.7. The molecule has 2 N–H and O–H groups in total. The molecule has 1 saturated carbocycles. The fraction of sp³-hybridized carbons (Fsp3) is 0.455. The Morgan fingerprint density at radius 3 is 2.90 bits per heavy atom. The van der Waals surface area contributed by atoms with Crippen molar-refractivity contribution in [2.45, 2.75) is 57.8 Å². The third kappa shape index (κ3) is 3.69. The highest BCUT2D eigenvalue weighted by Gasteiger charge is 2.22. The van der Waals surface area contributed by atoms with Crippen molar-refractivity contribution in [3.05, 3.63) is 46.1 Å². The average molecular weight is 407 g/mol. The number of H-pyrrole nitrogens is 1. The predicted octanol–water partition coefficient (Wildman–Crippen LogP) is 3.61. The van der Waals surface area contributed by atoms with Gasteiger partial charge in [0, 0.05) is 18.1 Å². The van der Waals surface area contributed by atoms with E-state index in [1.807, 2.05) is 0 Å². The molecule has 8 nitrogen and oxygen atoms in total. The SMILES string of the molecule is O=C(CC1CCCCC1)Nc1cc(-c2ccco2)nn1-c1nc2c(c(=O)[nH]1)CCC2. The van der Waals surface area contributed by atoms with Crippen LogP contribution in [0.1, 0.15) is 56.2 Å². The molecule has 5 rings (SSSR count). The molecule has 0 saturated heterocycles. The summed E-state index contributed by atoms with van der Waals surface area (Å²) >= 11 is 0. The van der Waals surface area contributed by atoms with Gasteiger partial charge in [-0.05, 0) is 50.2 Å². The Hall–Kier alpha value is -3.16. The van der Waals surface area contributed by atoms with Crippen molar-refractivity contribution in [1.82, 2.24) is 19.7 Å². The number of rotatable bonds is 5. The highest BCUT2D eigenvalue weighted by Crippen LogP contribution is 2.28. The second-order valence-corrected chi connectivity index (χ2v) is 8.23. The first-order valence-electron chi connectivity index (χ1n) is 10.7. The van der Waals surface area contributed by atoms with Crippen LogP contribution in [-0.2, 0) is 17.6 Å². The van der Waals surface area contributed by atoms with E-state index in [4.69, 9.17) is 4.42 Å². The number of nitrogens with one attached hydrogen (secondary N) is 2. The van der Waals surface area contributed by atoms with Crippen LogP contribution in [0.3, 0.4) is 0 Å². The Bertz CT molecular complexity index is 1110. The van der Waals surface area contributed by atoms with Crippen molar-refractivity contribution in [2.24, 2.45) is 5.92 Å². The van der Waals surface area contributed by atoms with Crippen molar-refractivity contribution in [2.75, 3.05) is 5.32 Å². The number of hydrogen-bond donors (Lipinski definition) is 2. The van der Waals surface area contributed by atoms with E-state index in [-0.39, 0.29) is 11.5 Å². The number of amides is 1. The van der Waals surface area contributed by atoms with Gasteiger partial charge < -0.3 is 9.73 Å². The van der Waals surface area contributed by atoms with Gasteiger partial charge in [-0.15, -0.1) is 0 Å². The number of aromatic amines is 1. The third-order valence-corrected chi connectivity index (χ3v) is 6.08. The van der Waals surface area contributed by atoms with Gasteiger partial charge in [-0.1, -0.05) is 19.3 Å². The first kappa shape index (κ1) is 18.8. The molecule has 1 amide bonds. The van der Waals surface area contributed by atoms with Crippen LogP contribution in [0.4, 0.5) is 5.82 Å². The normalized spacial score (nSPS) is 16.5. The van der Waals surface area contributed by atoms with Gasteiger partial charge in [-0.2, -0.15) is 9.78 Å². The van der Waals surface area contributed by atoms with Crippen LogP contribution in [0, 0.1) is 5.92 Å². The minimum absolute atomic E-state index is 0.0439. The highest BCUT2D eigenvalue weighted by molar-refractivity contribution is 5.90. The molecule has 0 aliphatic heterocycles. The maximum Gasteiger partial charge on any atom is 0.255 e. The molecule has 1 fully saturated rings. The highest BCUT2D eigenvalue weighted by atomic mass is 16.3. The number of fused-ring (bicyclic) bond motifs is 1. The van der Waals surface area contributed by atoms with Gasteiger partial charge in [0.05, 0.1) is 12.0 Å². The van der Waals surface area contributed by atoms with E-state index < -0.39 is 0 Å². The molecule has 3 heterocycles. The number of hydrogen-bond acceptors (Lipinski definition) is 5. The Labute approximate surface area is 173 Å². The van der Waals surface area contributed by atoms with Crippen LogP contribution in [0.25, 0.3) is 17.4 Å². The molecule has 3 aromatic rings. The quantitative estimate of drug-likeness (QED) is 0.672. The Morgan fingerprint density at radius 1 is 1.23 bits per heavy atom. The molecule has 0 radical (unpaired) electrons. The van der Waals surface area contributed by atoms with E-state index in [9.17, 15) is 9.59 Å². The molecule has 8 heteroatoms. The first-order chi connectivity index (χ1) is 14.7. The van der Waals surface area contributed by atoms with Gasteiger partial charge in [0.25, 0.3) is 5.56 Å². The van der Waals surface area contributed by atoms with E-state index >= 15 is 0 Å².